The highest BCUT2D eigenvalue weighted by Crippen LogP contribution is 2.14. The first-order valence-electron chi connectivity index (χ1n) is 5.27. The zero-order valence-corrected chi connectivity index (χ0v) is 8.49. The van der Waals surface area contributed by atoms with Crippen LogP contribution in [0.25, 0.3) is 0 Å². The van der Waals surface area contributed by atoms with Crippen LogP contribution in [0, 0.1) is 5.92 Å². The highest BCUT2D eigenvalue weighted by molar-refractivity contribution is 5.81. The van der Waals surface area contributed by atoms with Crippen LogP contribution in [0.3, 0.4) is 0 Å². The molecule has 0 amide bonds. The fourth-order valence-electron chi connectivity index (χ4n) is 1.91. The molecular weight excluding hydrogens is 196 g/mol. The molecule has 6 heteroatoms. The first-order valence-corrected chi connectivity index (χ1v) is 5.27. The van der Waals surface area contributed by atoms with Crippen molar-refractivity contribution in [1.82, 2.24) is 16.0 Å². The summed E-state index contributed by atoms with van der Waals surface area (Å²) in [4.78, 5) is 15.0. The molecule has 4 N–H and O–H groups in total. The van der Waals surface area contributed by atoms with Crippen molar-refractivity contribution in [2.75, 3.05) is 19.6 Å². The summed E-state index contributed by atoms with van der Waals surface area (Å²) in [6.45, 7) is 2.39. The number of aliphatic carboxylic acids is 1. The van der Waals surface area contributed by atoms with Gasteiger partial charge in [0.05, 0.1) is 18.6 Å². The fourth-order valence-corrected chi connectivity index (χ4v) is 1.91. The average molecular weight is 212 g/mol. The van der Waals surface area contributed by atoms with E-state index in [1.807, 2.05) is 0 Å². The zero-order valence-electron chi connectivity index (χ0n) is 8.49. The third kappa shape index (κ3) is 2.59. The quantitative estimate of drug-likeness (QED) is 0.469. The predicted octanol–water partition coefficient (Wildman–Crippen LogP) is -1.05. The van der Waals surface area contributed by atoms with Crippen molar-refractivity contribution in [3.63, 3.8) is 0 Å². The van der Waals surface area contributed by atoms with E-state index in [4.69, 9.17) is 5.11 Å². The van der Waals surface area contributed by atoms with Crippen LogP contribution in [0.4, 0.5) is 0 Å². The minimum atomic E-state index is -0.704. The van der Waals surface area contributed by atoms with Crippen LogP contribution < -0.4 is 16.0 Å². The predicted molar refractivity (Wildman–Crippen MR) is 55.6 cm³/mol. The molecule has 0 aromatic heterocycles. The number of rotatable bonds is 2. The molecule has 2 rings (SSSR count). The second-order valence-electron chi connectivity index (χ2n) is 3.87. The van der Waals surface area contributed by atoms with Crippen LogP contribution in [0.5, 0.6) is 0 Å². The van der Waals surface area contributed by atoms with Crippen molar-refractivity contribution >= 4 is 11.9 Å². The molecule has 2 atom stereocenters. The van der Waals surface area contributed by atoms with Gasteiger partial charge in [-0.05, 0) is 19.4 Å². The summed E-state index contributed by atoms with van der Waals surface area (Å²) in [6.07, 6.45) is 1.33. The van der Waals surface area contributed by atoms with Gasteiger partial charge in [0.15, 0.2) is 5.96 Å². The summed E-state index contributed by atoms with van der Waals surface area (Å²) >= 11 is 0. The van der Waals surface area contributed by atoms with Gasteiger partial charge in [0.25, 0.3) is 0 Å². The Morgan fingerprint density at radius 1 is 1.53 bits per heavy atom. The van der Waals surface area contributed by atoms with Crippen molar-refractivity contribution in [3.8, 4) is 0 Å². The molecular formula is C9H16N4O2. The summed E-state index contributed by atoms with van der Waals surface area (Å²) < 4.78 is 0. The Morgan fingerprint density at radius 2 is 2.40 bits per heavy atom. The molecule has 0 aromatic carbocycles. The van der Waals surface area contributed by atoms with E-state index in [9.17, 15) is 4.79 Å². The highest BCUT2D eigenvalue weighted by atomic mass is 16.4. The van der Waals surface area contributed by atoms with E-state index in [1.165, 1.54) is 0 Å². The molecule has 0 aromatic rings. The summed E-state index contributed by atoms with van der Waals surface area (Å²) in [5.41, 5.74) is 0. The third-order valence-electron chi connectivity index (χ3n) is 2.74. The Morgan fingerprint density at radius 3 is 3.07 bits per heavy atom. The van der Waals surface area contributed by atoms with Gasteiger partial charge in [-0.2, -0.15) is 0 Å². The number of hydrogen-bond donors (Lipinski definition) is 4. The number of carbonyl (C=O) groups is 1. The lowest BCUT2D eigenvalue weighted by atomic mass is 9.96. The van der Waals surface area contributed by atoms with Crippen LogP contribution in [-0.4, -0.2) is 42.8 Å². The molecule has 0 saturated carbocycles. The van der Waals surface area contributed by atoms with E-state index < -0.39 is 5.97 Å². The Balaban J connectivity index is 1.84. The van der Waals surface area contributed by atoms with Gasteiger partial charge in [0, 0.05) is 6.54 Å². The van der Waals surface area contributed by atoms with Crippen LogP contribution in [0.1, 0.15) is 12.8 Å². The molecule has 0 spiro atoms. The number of hydrogen-bond acceptors (Lipinski definition) is 5. The fraction of sp³-hybridized carbons (Fsp3) is 0.778. The summed E-state index contributed by atoms with van der Waals surface area (Å²) in [5.74, 6) is -0.172. The zero-order chi connectivity index (χ0) is 10.7. The first-order chi connectivity index (χ1) is 7.25. The lowest BCUT2D eigenvalue weighted by molar-refractivity contribution is -0.143. The van der Waals surface area contributed by atoms with Gasteiger partial charge >= 0.3 is 5.97 Å². The van der Waals surface area contributed by atoms with E-state index in [0.29, 0.717) is 12.8 Å². The molecule has 0 radical (unpaired) electrons. The Hall–Kier alpha value is -1.30. The number of piperidine rings is 1. The summed E-state index contributed by atoms with van der Waals surface area (Å²) in [5, 5.41) is 18.4. The van der Waals surface area contributed by atoms with E-state index in [0.717, 1.165) is 25.6 Å². The second-order valence-corrected chi connectivity index (χ2v) is 3.87. The Kier molecular flexibility index (Phi) is 3.05. The van der Waals surface area contributed by atoms with Crippen molar-refractivity contribution < 1.29 is 9.90 Å². The van der Waals surface area contributed by atoms with Gasteiger partial charge in [-0.15, -0.1) is 0 Å². The molecule has 15 heavy (non-hydrogen) atoms. The number of carboxylic acid groups (broad SMARTS) is 1. The topological polar surface area (TPSA) is 85.8 Å². The third-order valence-corrected chi connectivity index (χ3v) is 2.74. The monoisotopic (exact) mass is 212 g/mol. The lowest BCUT2D eigenvalue weighted by Gasteiger charge is -2.29. The van der Waals surface area contributed by atoms with Crippen molar-refractivity contribution in [2.45, 2.75) is 19.0 Å². The summed E-state index contributed by atoms with van der Waals surface area (Å²) in [6, 6.07) is 0. The molecule has 2 unspecified atom stereocenters. The van der Waals surface area contributed by atoms with Gasteiger partial charge in [0.1, 0.15) is 0 Å². The van der Waals surface area contributed by atoms with Crippen molar-refractivity contribution in [2.24, 2.45) is 10.9 Å². The highest BCUT2D eigenvalue weighted by Gasteiger charge is 2.27. The van der Waals surface area contributed by atoms with E-state index in [2.05, 4.69) is 20.9 Å². The van der Waals surface area contributed by atoms with Gasteiger partial charge in [-0.25, -0.2) is 0 Å². The average Bonchev–Trinajstić information content (AvgIpc) is 2.71. The smallest absolute Gasteiger partial charge is 0.306 e. The van der Waals surface area contributed by atoms with Crippen LogP contribution >= 0.6 is 0 Å². The second kappa shape index (κ2) is 4.48. The normalized spacial score (nSPS) is 30.5. The molecule has 0 bridgehead atoms. The maximum Gasteiger partial charge on any atom is 0.306 e. The van der Waals surface area contributed by atoms with Crippen molar-refractivity contribution in [1.29, 1.82) is 0 Å². The number of guanidine groups is 1. The number of nitrogens with one attached hydrogen (secondary N) is 3. The van der Waals surface area contributed by atoms with Crippen LogP contribution in [0.15, 0.2) is 4.99 Å². The van der Waals surface area contributed by atoms with Gasteiger partial charge in [-0.1, -0.05) is 0 Å². The minimum absolute atomic E-state index is 0.0178. The minimum Gasteiger partial charge on any atom is -0.481 e. The van der Waals surface area contributed by atoms with E-state index in [1.54, 1.807) is 0 Å². The Bertz CT molecular complexity index is 279. The van der Waals surface area contributed by atoms with Gasteiger partial charge < -0.3 is 15.7 Å². The summed E-state index contributed by atoms with van der Waals surface area (Å²) in [7, 11) is 0. The van der Waals surface area contributed by atoms with Gasteiger partial charge in [0.2, 0.25) is 0 Å². The molecule has 6 nitrogen and oxygen atoms in total. The molecule has 84 valence electrons. The molecule has 1 fully saturated rings. The van der Waals surface area contributed by atoms with Crippen LogP contribution in [-0.2, 0) is 4.79 Å². The number of aliphatic imine (C=N–C) groups is 1. The maximum atomic E-state index is 10.8. The van der Waals surface area contributed by atoms with Crippen molar-refractivity contribution in [3.05, 3.63) is 0 Å². The maximum absolute atomic E-state index is 10.8. The molecule has 2 aliphatic heterocycles. The van der Waals surface area contributed by atoms with Gasteiger partial charge in [-0.3, -0.25) is 15.1 Å². The standard InChI is InChI=1S/C9H16N4O2/c14-8(15)6-1-2-10-7(5-6)13-9-11-3-4-12-9/h6-7,10H,1-5H2,(H,14,15)(H2,11,12,13). The molecule has 0 aliphatic carbocycles. The number of carboxylic acids is 1. The number of nitrogens with zero attached hydrogens (tertiary/aromatic N) is 1. The first kappa shape index (κ1) is 10.2. The lowest BCUT2D eigenvalue weighted by Crippen LogP contribution is -2.53. The molecule has 1 saturated heterocycles. The SMILES string of the molecule is O=C(O)C1CCNC(NC2=NCCN2)C1. The van der Waals surface area contributed by atoms with E-state index >= 15 is 0 Å². The van der Waals surface area contributed by atoms with E-state index in [-0.39, 0.29) is 12.1 Å². The Labute approximate surface area is 88.1 Å². The largest absolute Gasteiger partial charge is 0.481 e. The van der Waals surface area contributed by atoms with Crippen LogP contribution in [0.2, 0.25) is 0 Å². The molecule has 2 heterocycles. The molecule has 2 aliphatic rings.